The lowest BCUT2D eigenvalue weighted by Crippen LogP contribution is -2.47. The SMILES string of the molecule is CCC(C)c1ccc(N2CCC3(CCN(S(=O)(=O)CC(C)C)CC3)C2=O)cc1. The van der Waals surface area contributed by atoms with Crippen molar-refractivity contribution in [3.63, 3.8) is 0 Å². The monoisotopic (exact) mass is 406 g/mol. The number of carbonyl (C=O) groups excluding carboxylic acids is 1. The number of piperidine rings is 1. The lowest BCUT2D eigenvalue weighted by atomic mass is 9.77. The molecule has 0 N–H and O–H groups in total. The lowest BCUT2D eigenvalue weighted by molar-refractivity contribution is -0.127. The zero-order valence-electron chi connectivity index (χ0n) is 17.6. The molecule has 1 amide bonds. The molecule has 5 nitrogen and oxygen atoms in total. The molecule has 6 heteroatoms. The van der Waals surface area contributed by atoms with Crippen LogP contribution < -0.4 is 4.90 Å². The molecule has 0 radical (unpaired) electrons. The summed E-state index contributed by atoms with van der Waals surface area (Å²) in [6.45, 7) is 9.89. The van der Waals surface area contributed by atoms with Crippen molar-refractivity contribution in [2.24, 2.45) is 11.3 Å². The molecule has 2 aliphatic rings. The Morgan fingerprint density at radius 3 is 2.11 bits per heavy atom. The van der Waals surface area contributed by atoms with Crippen molar-refractivity contribution < 1.29 is 13.2 Å². The number of hydrogen-bond donors (Lipinski definition) is 0. The molecular formula is C22H34N2O3S. The summed E-state index contributed by atoms with van der Waals surface area (Å²) in [6.07, 6.45) is 3.17. The number of rotatable bonds is 6. The number of benzene rings is 1. The molecule has 0 aliphatic carbocycles. The van der Waals surface area contributed by atoms with Crippen LogP contribution in [0.3, 0.4) is 0 Å². The maximum Gasteiger partial charge on any atom is 0.233 e. The molecule has 1 aromatic rings. The highest BCUT2D eigenvalue weighted by Crippen LogP contribution is 2.43. The number of nitrogens with zero attached hydrogens (tertiary/aromatic N) is 2. The van der Waals surface area contributed by atoms with Crippen LogP contribution in [0.5, 0.6) is 0 Å². The second kappa shape index (κ2) is 8.15. The Labute approximate surface area is 170 Å². The van der Waals surface area contributed by atoms with Crippen LogP contribution in [-0.4, -0.2) is 44.0 Å². The zero-order valence-corrected chi connectivity index (χ0v) is 18.5. The first-order chi connectivity index (χ1) is 13.2. The van der Waals surface area contributed by atoms with Crippen molar-refractivity contribution in [3.8, 4) is 0 Å². The molecule has 0 bridgehead atoms. The molecule has 0 aromatic heterocycles. The van der Waals surface area contributed by atoms with Crippen LogP contribution >= 0.6 is 0 Å². The van der Waals surface area contributed by atoms with E-state index in [-0.39, 0.29) is 23.0 Å². The molecule has 2 fully saturated rings. The fourth-order valence-electron chi connectivity index (χ4n) is 4.47. The van der Waals surface area contributed by atoms with Gasteiger partial charge >= 0.3 is 0 Å². The summed E-state index contributed by atoms with van der Waals surface area (Å²) < 4.78 is 26.6. The van der Waals surface area contributed by atoms with Gasteiger partial charge in [0.15, 0.2) is 0 Å². The van der Waals surface area contributed by atoms with Crippen LogP contribution in [0.25, 0.3) is 0 Å². The highest BCUT2D eigenvalue weighted by atomic mass is 32.2. The van der Waals surface area contributed by atoms with Crippen molar-refractivity contribution in [1.82, 2.24) is 4.31 Å². The van der Waals surface area contributed by atoms with Gasteiger partial charge in [-0.05, 0) is 55.2 Å². The fourth-order valence-corrected chi connectivity index (χ4v) is 6.26. The molecule has 2 heterocycles. The average molecular weight is 407 g/mol. The van der Waals surface area contributed by atoms with Gasteiger partial charge in [-0.25, -0.2) is 12.7 Å². The largest absolute Gasteiger partial charge is 0.312 e. The summed E-state index contributed by atoms with van der Waals surface area (Å²) >= 11 is 0. The minimum atomic E-state index is -3.22. The van der Waals surface area contributed by atoms with Gasteiger partial charge in [-0.2, -0.15) is 0 Å². The molecule has 28 heavy (non-hydrogen) atoms. The summed E-state index contributed by atoms with van der Waals surface area (Å²) in [4.78, 5) is 15.2. The third-order valence-corrected chi connectivity index (χ3v) is 8.76. The molecule has 3 rings (SSSR count). The maximum absolute atomic E-state index is 13.2. The Balaban J connectivity index is 1.68. The lowest BCUT2D eigenvalue weighted by Gasteiger charge is -2.37. The molecule has 1 aromatic carbocycles. The fraction of sp³-hybridized carbons (Fsp3) is 0.682. The molecule has 1 spiro atoms. The van der Waals surface area contributed by atoms with Gasteiger partial charge in [-0.1, -0.05) is 39.8 Å². The van der Waals surface area contributed by atoms with Gasteiger partial charge in [-0.3, -0.25) is 4.79 Å². The molecule has 1 unspecified atom stereocenters. The zero-order chi connectivity index (χ0) is 20.5. The molecule has 2 aliphatic heterocycles. The molecule has 156 valence electrons. The van der Waals surface area contributed by atoms with Crippen LogP contribution in [-0.2, 0) is 14.8 Å². The number of hydrogen-bond acceptors (Lipinski definition) is 3. The third kappa shape index (κ3) is 4.13. The maximum atomic E-state index is 13.2. The first-order valence-corrected chi connectivity index (χ1v) is 12.2. The van der Waals surface area contributed by atoms with Crippen LogP contribution in [0.2, 0.25) is 0 Å². The van der Waals surface area contributed by atoms with E-state index in [9.17, 15) is 13.2 Å². The van der Waals surface area contributed by atoms with E-state index in [1.54, 1.807) is 4.31 Å². The average Bonchev–Trinajstić information content (AvgIpc) is 2.97. The van der Waals surface area contributed by atoms with Gasteiger partial charge in [0.05, 0.1) is 11.2 Å². The van der Waals surface area contributed by atoms with Crippen molar-refractivity contribution >= 4 is 21.6 Å². The quantitative estimate of drug-likeness (QED) is 0.717. The predicted octanol–water partition coefficient (Wildman–Crippen LogP) is 4.00. The smallest absolute Gasteiger partial charge is 0.233 e. The van der Waals surface area contributed by atoms with E-state index in [0.717, 1.165) is 25.1 Å². The van der Waals surface area contributed by atoms with Crippen LogP contribution in [0.4, 0.5) is 5.69 Å². The first kappa shape index (κ1) is 21.3. The Bertz CT molecular complexity index is 794. The summed E-state index contributed by atoms with van der Waals surface area (Å²) in [7, 11) is -3.22. The van der Waals surface area contributed by atoms with Crippen LogP contribution in [0.1, 0.15) is 64.9 Å². The molecule has 0 saturated carbocycles. The predicted molar refractivity (Wildman–Crippen MR) is 114 cm³/mol. The summed E-state index contributed by atoms with van der Waals surface area (Å²) in [5.74, 6) is 0.988. The Hall–Kier alpha value is -1.40. The van der Waals surface area contributed by atoms with Gasteiger partial charge in [0.1, 0.15) is 0 Å². The highest BCUT2D eigenvalue weighted by molar-refractivity contribution is 7.89. The van der Waals surface area contributed by atoms with E-state index in [1.807, 2.05) is 18.7 Å². The Morgan fingerprint density at radius 2 is 1.57 bits per heavy atom. The Morgan fingerprint density at radius 1 is 1.00 bits per heavy atom. The standard InChI is InChI=1S/C22H34N2O3S/c1-5-18(4)19-6-8-20(9-7-19)24-15-12-22(21(24)25)10-13-23(14-11-22)28(26,27)16-17(2)3/h6-9,17-18H,5,10-16H2,1-4H3. The van der Waals surface area contributed by atoms with E-state index in [4.69, 9.17) is 0 Å². The molecule has 2 saturated heterocycles. The van der Waals surface area contributed by atoms with E-state index in [1.165, 1.54) is 5.56 Å². The van der Waals surface area contributed by atoms with Gasteiger partial charge < -0.3 is 4.90 Å². The van der Waals surface area contributed by atoms with Crippen LogP contribution in [0, 0.1) is 11.3 Å². The van der Waals surface area contributed by atoms with Crippen molar-refractivity contribution in [2.75, 3.05) is 30.3 Å². The van der Waals surface area contributed by atoms with Gasteiger partial charge in [0.2, 0.25) is 15.9 Å². The first-order valence-electron chi connectivity index (χ1n) is 10.6. The minimum Gasteiger partial charge on any atom is -0.312 e. The number of anilines is 1. The number of amides is 1. The second-order valence-electron chi connectivity index (χ2n) is 8.96. The van der Waals surface area contributed by atoms with E-state index >= 15 is 0 Å². The summed E-state index contributed by atoms with van der Waals surface area (Å²) in [6, 6.07) is 8.37. The molecule has 1 atom stereocenters. The topological polar surface area (TPSA) is 57.7 Å². The Kier molecular flexibility index (Phi) is 6.20. The normalized spacial score (nSPS) is 21.6. The number of sulfonamides is 1. The van der Waals surface area contributed by atoms with Gasteiger partial charge in [0.25, 0.3) is 0 Å². The van der Waals surface area contributed by atoms with E-state index in [2.05, 4.69) is 38.1 Å². The van der Waals surface area contributed by atoms with Crippen LogP contribution in [0.15, 0.2) is 24.3 Å². The minimum absolute atomic E-state index is 0.114. The van der Waals surface area contributed by atoms with Gasteiger partial charge in [-0.15, -0.1) is 0 Å². The highest BCUT2D eigenvalue weighted by Gasteiger charge is 2.49. The van der Waals surface area contributed by atoms with Gasteiger partial charge in [0, 0.05) is 25.3 Å². The van der Waals surface area contributed by atoms with E-state index < -0.39 is 10.0 Å². The molecular weight excluding hydrogens is 372 g/mol. The number of carbonyl (C=O) groups is 1. The summed E-state index contributed by atoms with van der Waals surface area (Å²) in [5, 5.41) is 0. The second-order valence-corrected chi connectivity index (χ2v) is 11.0. The van der Waals surface area contributed by atoms with Crippen molar-refractivity contribution in [1.29, 1.82) is 0 Å². The van der Waals surface area contributed by atoms with E-state index in [0.29, 0.717) is 31.8 Å². The van der Waals surface area contributed by atoms with Crippen molar-refractivity contribution in [2.45, 2.75) is 59.3 Å². The third-order valence-electron chi connectivity index (χ3n) is 6.52. The van der Waals surface area contributed by atoms with Crippen molar-refractivity contribution in [3.05, 3.63) is 29.8 Å². The summed E-state index contributed by atoms with van der Waals surface area (Å²) in [5.41, 5.74) is 1.87.